The van der Waals surface area contributed by atoms with Crippen LogP contribution in [0.1, 0.15) is 72.8 Å². The maximum absolute atomic E-state index is 13.4. The minimum absolute atomic E-state index is 0.348. The Morgan fingerprint density at radius 3 is 1.76 bits per heavy atom. The predicted octanol–water partition coefficient (Wildman–Crippen LogP) is 7.61. The monoisotopic (exact) mass is 665 g/mol. The lowest BCUT2D eigenvalue weighted by atomic mass is 9.65. The maximum atomic E-state index is 13.4. The molecule has 7 heteroatoms. The van der Waals surface area contributed by atoms with Gasteiger partial charge in [-0.15, -0.1) is 0 Å². The Kier molecular flexibility index (Phi) is 9.54. The molecule has 0 N–H and O–H groups in total. The summed E-state index contributed by atoms with van der Waals surface area (Å²) < 4.78 is 5.67. The minimum atomic E-state index is -0.757. The van der Waals surface area contributed by atoms with Gasteiger partial charge in [0, 0.05) is 30.2 Å². The molecule has 1 aliphatic rings. The third kappa shape index (κ3) is 6.49. The number of rotatable bonds is 10. The number of carbonyl (C=O) groups excluding carboxylic acids is 3. The fourth-order valence-electron chi connectivity index (χ4n) is 7.30. The zero-order valence-corrected chi connectivity index (χ0v) is 29.2. The number of hydrogen-bond donors (Lipinski definition) is 0. The third-order valence-corrected chi connectivity index (χ3v) is 9.65. The fraction of sp³-hybridized carbons (Fsp3) is 0.256. The van der Waals surface area contributed by atoms with Crippen molar-refractivity contribution in [3.05, 3.63) is 167 Å². The third-order valence-electron chi connectivity index (χ3n) is 9.65. The number of aldehydes is 1. The van der Waals surface area contributed by atoms with Gasteiger partial charge in [-0.2, -0.15) is 0 Å². The van der Waals surface area contributed by atoms with Crippen molar-refractivity contribution in [2.75, 3.05) is 11.6 Å². The highest BCUT2D eigenvalue weighted by Gasteiger charge is 2.50. The quantitative estimate of drug-likeness (QED) is 0.0658. The average Bonchev–Trinajstić information content (AvgIpc) is 3.38. The number of anilines is 1. The Balaban J connectivity index is 1.41. The lowest BCUT2D eigenvalue weighted by molar-refractivity contribution is -0.131. The van der Waals surface area contributed by atoms with Gasteiger partial charge in [-0.05, 0) is 80.6 Å². The Morgan fingerprint density at radius 1 is 0.780 bits per heavy atom. The lowest BCUT2D eigenvalue weighted by Gasteiger charge is -2.37. The molecule has 1 unspecified atom stereocenters. The van der Waals surface area contributed by atoms with Gasteiger partial charge in [0.1, 0.15) is 11.6 Å². The van der Waals surface area contributed by atoms with Crippen LogP contribution in [0.25, 0.3) is 0 Å². The molecule has 1 saturated heterocycles. The molecule has 6 rings (SSSR count). The first-order valence-corrected chi connectivity index (χ1v) is 16.9. The van der Waals surface area contributed by atoms with Crippen molar-refractivity contribution in [2.24, 2.45) is 0 Å². The average molecular weight is 666 g/mol. The maximum Gasteiger partial charge on any atom is 0.340 e. The van der Waals surface area contributed by atoms with Crippen molar-refractivity contribution in [1.82, 2.24) is 9.88 Å². The first kappa shape index (κ1) is 34.5. The zero-order valence-electron chi connectivity index (χ0n) is 29.2. The van der Waals surface area contributed by atoms with Crippen LogP contribution in [-0.4, -0.2) is 51.8 Å². The minimum Gasteiger partial charge on any atom is -0.456 e. The number of aromatic nitrogens is 1. The Hall–Kier alpha value is -5.40. The van der Waals surface area contributed by atoms with E-state index in [1.54, 1.807) is 12.3 Å². The molecule has 254 valence electrons. The summed E-state index contributed by atoms with van der Waals surface area (Å²) in [6.07, 6.45) is 3.59. The van der Waals surface area contributed by atoms with Crippen LogP contribution in [0.2, 0.25) is 0 Å². The summed E-state index contributed by atoms with van der Waals surface area (Å²) >= 11 is 0. The van der Waals surface area contributed by atoms with Crippen molar-refractivity contribution < 1.29 is 19.1 Å². The lowest BCUT2D eigenvalue weighted by Crippen LogP contribution is -2.51. The van der Waals surface area contributed by atoms with Gasteiger partial charge in [0.05, 0.1) is 17.6 Å². The number of esters is 1. The SMILES string of the molecule is CC(C)(C)OC(=O)c1cnccc1CN1CN(c2ccc(C(c3ccccc3)(c3ccccc3)c3ccccc3)cc2)C(C(=O)C=O)C1(C)C. The molecule has 4 aromatic carbocycles. The van der Waals surface area contributed by atoms with Crippen molar-refractivity contribution in [2.45, 2.75) is 63.8 Å². The smallest absolute Gasteiger partial charge is 0.340 e. The molecular weight excluding hydrogens is 622 g/mol. The molecule has 7 nitrogen and oxygen atoms in total. The molecule has 0 saturated carbocycles. The van der Waals surface area contributed by atoms with Crippen LogP contribution in [0.4, 0.5) is 5.69 Å². The first-order chi connectivity index (χ1) is 24.0. The molecule has 0 spiro atoms. The fourth-order valence-corrected chi connectivity index (χ4v) is 7.30. The number of pyridine rings is 1. The molecule has 0 radical (unpaired) electrons. The molecule has 1 aliphatic heterocycles. The molecule has 1 aromatic heterocycles. The summed E-state index contributed by atoms with van der Waals surface area (Å²) in [5.41, 5.74) is 4.34. The zero-order chi connectivity index (χ0) is 35.5. The molecule has 1 atom stereocenters. The summed E-state index contributed by atoms with van der Waals surface area (Å²) in [6, 6.07) is 40.9. The number of nitrogens with zero attached hydrogens (tertiary/aromatic N) is 3. The summed E-state index contributed by atoms with van der Waals surface area (Å²) in [4.78, 5) is 46.9. The van der Waals surface area contributed by atoms with Gasteiger partial charge in [0.25, 0.3) is 0 Å². The van der Waals surface area contributed by atoms with Gasteiger partial charge in [-0.1, -0.05) is 103 Å². The Morgan fingerprint density at radius 2 is 1.28 bits per heavy atom. The highest BCUT2D eigenvalue weighted by molar-refractivity contribution is 6.29. The second-order valence-electron chi connectivity index (χ2n) is 14.3. The number of ether oxygens (including phenoxy) is 1. The molecule has 2 heterocycles. The van der Waals surface area contributed by atoms with E-state index in [4.69, 9.17) is 4.74 Å². The summed E-state index contributed by atoms with van der Waals surface area (Å²) in [6.45, 7) is 10.1. The Labute approximate surface area is 294 Å². The van der Waals surface area contributed by atoms with E-state index in [2.05, 4.69) is 94.8 Å². The molecule has 0 bridgehead atoms. The van der Waals surface area contributed by atoms with Gasteiger partial charge in [-0.3, -0.25) is 19.5 Å². The number of ketones is 1. The topological polar surface area (TPSA) is 79.8 Å². The van der Waals surface area contributed by atoms with Crippen molar-refractivity contribution in [3.63, 3.8) is 0 Å². The largest absolute Gasteiger partial charge is 0.456 e. The molecule has 1 fully saturated rings. The molecular formula is C43H43N3O4. The standard InChI is InChI=1S/C43H43N3O4/c1-41(2,3)50-40(49)37-27-44-26-25-31(37)28-45-30-46(39(38(48)29-47)42(45,4)5)36-23-21-35(22-24-36)43(32-15-9-6-10-16-32,33-17-11-7-12-18-33)34-19-13-8-14-20-34/h6-27,29,39H,28,30H2,1-5H3. The van der Waals surface area contributed by atoms with E-state index in [1.165, 1.54) is 6.20 Å². The number of benzene rings is 4. The Bertz CT molecular complexity index is 1860. The van der Waals surface area contributed by atoms with E-state index < -0.39 is 34.3 Å². The van der Waals surface area contributed by atoms with Gasteiger partial charge >= 0.3 is 5.97 Å². The molecule has 0 amide bonds. The summed E-state index contributed by atoms with van der Waals surface area (Å²) in [5.74, 6) is -0.958. The van der Waals surface area contributed by atoms with Crippen LogP contribution in [0, 0.1) is 0 Å². The van der Waals surface area contributed by atoms with Gasteiger partial charge < -0.3 is 9.64 Å². The van der Waals surface area contributed by atoms with E-state index in [0.717, 1.165) is 33.5 Å². The van der Waals surface area contributed by atoms with E-state index in [-0.39, 0.29) is 0 Å². The summed E-state index contributed by atoms with van der Waals surface area (Å²) in [7, 11) is 0. The second kappa shape index (κ2) is 13.8. The van der Waals surface area contributed by atoms with Gasteiger partial charge in [0.2, 0.25) is 5.78 Å². The van der Waals surface area contributed by atoms with Crippen molar-refractivity contribution in [3.8, 4) is 0 Å². The molecule has 5 aromatic rings. The van der Waals surface area contributed by atoms with Crippen LogP contribution in [-0.2, 0) is 26.3 Å². The van der Waals surface area contributed by atoms with Gasteiger partial charge in [0.15, 0.2) is 6.29 Å². The number of Topliss-reactive ketones (excluding diaryl/α,β-unsaturated/α-hetero) is 1. The first-order valence-electron chi connectivity index (χ1n) is 16.9. The molecule has 0 aliphatic carbocycles. The number of hydrogen-bond acceptors (Lipinski definition) is 7. The van der Waals surface area contributed by atoms with Crippen LogP contribution in [0.15, 0.2) is 134 Å². The van der Waals surface area contributed by atoms with Crippen LogP contribution < -0.4 is 4.90 Å². The van der Waals surface area contributed by atoms with Crippen LogP contribution >= 0.6 is 0 Å². The summed E-state index contributed by atoms with van der Waals surface area (Å²) in [5, 5.41) is 0. The van der Waals surface area contributed by atoms with Gasteiger partial charge in [-0.25, -0.2) is 4.79 Å². The van der Waals surface area contributed by atoms with E-state index in [0.29, 0.717) is 25.1 Å². The highest BCUT2D eigenvalue weighted by atomic mass is 16.6. The normalized spacial score (nSPS) is 16.2. The highest BCUT2D eigenvalue weighted by Crippen LogP contribution is 2.46. The predicted molar refractivity (Wildman–Crippen MR) is 196 cm³/mol. The van der Waals surface area contributed by atoms with E-state index >= 15 is 0 Å². The van der Waals surface area contributed by atoms with Crippen molar-refractivity contribution in [1.29, 1.82) is 0 Å². The van der Waals surface area contributed by atoms with Crippen LogP contribution in [0.3, 0.4) is 0 Å². The molecule has 50 heavy (non-hydrogen) atoms. The van der Waals surface area contributed by atoms with Crippen LogP contribution in [0.5, 0.6) is 0 Å². The van der Waals surface area contributed by atoms with E-state index in [9.17, 15) is 14.4 Å². The van der Waals surface area contributed by atoms with E-state index in [1.807, 2.05) is 69.9 Å². The van der Waals surface area contributed by atoms with Crippen molar-refractivity contribution >= 4 is 23.7 Å². The number of carbonyl (C=O) groups is 3. The second-order valence-corrected chi connectivity index (χ2v) is 14.3.